The van der Waals surface area contributed by atoms with Crippen LogP contribution in [0.3, 0.4) is 0 Å². The van der Waals surface area contributed by atoms with Gasteiger partial charge in [-0.1, -0.05) is 18.2 Å². The normalized spacial score (nSPS) is 13.5. The van der Waals surface area contributed by atoms with Crippen molar-refractivity contribution in [3.05, 3.63) is 59.9 Å². The number of hydrogen-bond donors (Lipinski definition) is 1. The number of hydrogen-bond acceptors (Lipinski definition) is 4. The number of carbonyl (C=O) groups is 1. The summed E-state index contributed by atoms with van der Waals surface area (Å²) >= 11 is 0. The summed E-state index contributed by atoms with van der Waals surface area (Å²) in [6, 6.07) is 13.8. The molecule has 0 saturated carbocycles. The Bertz CT molecular complexity index is 980. The molecule has 3 rings (SSSR count). The number of para-hydroxylation sites is 1. The Balaban J connectivity index is 1.39. The van der Waals surface area contributed by atoms with Crippen molar-refractivity contribution in [2.24, 2.45) is 0 Å². The van der Waals surface area contributed by atoms with Gasteiger partial charge in [-0.2, -0.15) is 0 Å². The topological polar surface area (TPSA) is 69.7 Å². The van der Waals surface area contributed by atoms with E-state index in [-0.39, 0.29) is 18.9 Å². The first kappa shape index (κ1) is 23.1. The van der Waals surface area contributed by atoms with Gasteiger partial charge in [-0.3, -0.25) is 9.10 Å². The molecule has 1 aliphatic heterocycles. The van der Waals surface area contributed by atoms with Crippen molar-refractivity contribution < 1.29 is 17.6 Å². The van der Waals surface area contributed by atoms with Gasteiger partial charge in [0, 0.05) is 38.3 Å². The van der Waals surface area contributed by atoms with E-state index in [0.29, 0.717) is 18.7 Å². The predicted molar refractivity (Wildman–Crippen MR) is 122 cm³/mol. The van der Waals surface area contributed by atoms with Crippen molar-refractivity contribution in [3.8, 4) is 0 Å². The van der Waals surface area contributed by atoms with Gasteiger partial charge in [-0.05, 0) is 61.6 Å². The maximum Gasteiger partial charge on any atom is 0.232 e. The van der Waals surface area contributed by atoms with Crippen LogP contribution in [0.1, 0.15) is 31.2 Å². The number of nitrogens with one attached hydrogen (secondary N) is 1. The molecule has 0 spiro atoms. The Morgan fingerprint density at radius 1 is 1.13 bits per heavy atom. The molecule has 31 heavy (non-hydrogen) atoms. The van der Waals surface area contributed by atoms with Crippen LogP contribution in [0, 0.1) is 5.82 Å². The lowest BCUT2D eigenvalue weighted by Crippen LogP contribution is -2.34. The summed E-state index contributed by atoms with van der Waals surface area (Å²) in [4.78, 5) is 14.5. The molecule has 2 aromatic carbocycles. The van der Waals surface area contributed by atoms with E-state index >= 15 is 0 Å². The number of carbonyl (C=O) groups excluding carboxylic acids is 1. The number of rotatable bonds is 10. The fourth-order valence-electron chi connectivity index (χ4n) is 3.91. The highest BCUT2D eigenvalue weighted by Crippen LogP contribution is 2.26. The SMILES string of the molecule is CS(=O)(=O)N(CCCC(=O)NCCCN1CCCc2ccccc21)c1ccc(F)cc1. The van der Waals surface area contributed by atoms with Crippen LogP contribution >= 0.6 is 0 Å². The van der Waals surface area contributed by atoms with Gasteiger partial charge >= 0.3 is 0 Å². The number of anilines is 2. The molecule has 0 aromatic heterocycles. The Hall–Kier alpha value is -2.61. The van der Waals surface area contributed by atoms with Crippen molar-refractivity contribution in [1.29, 1.82) is 0 Å². The monoisotopic (exact) mass is 447 g/mol. The molecule has 168 valence electrons. The molecule has 0 aliphatic carbocycles. The number of aryl methyl sites for hydroxylation is 1. The van der Waals surface area contributed by atoms with E-state index in [2.05, 4.69) is 34.5 Å². The van der Waals surface area contributed by atoms with Crippen molar-refractivity contribution in [1.82, 2.24) is 5.32 Å². The molecule has 1 aliphatic rings. The number of sulfonamides is 1. The van der Waals surface area contributed by atoms with Crippen molar-refractivity contribution in [2.45, 2.75) is 32.1 Å². The van der Waals surface area contributed by atoms with Gasteiger partial charge in [-0.15, -0.1) is 0 Å². The van der Waals surface area contributed by atoms with E-state index in [9.17, 15) is 17.6 Å². The smallest absolute Gasteiger partial charge is 0.232 e. The zero-order valence-corrected chi connectivity index (χ0v) is 18.7. The lowest BCUT2D eigenvalue weighted by Gasteiger charge is -2.31. The molecule has 2 aromatic rings. The van der Waals surface area contributed by atoms with Gasteiger partial charge < -0.3 is 10.2 Å². The summed E-state index contributed by atoms with van der Waals surface area (Å²) < 4.78 is 38.5. The summed E-state index contributed by atoms with van der Waals surface area (Å²) in [5.41, 5.74) is 3.07. The van der Waals surface area contributed by atoms with Gasteiger partial charge in [0.25, 0.3) is 0 Å². The number of halogens is 1. The quantitative estimate of drug-likeness (QED) is 0.567. The predicted octanol–water partition coefficient (Wildman–Crippen LogP) is 3.33. The van der Waals surface area contributed by atoms with Crippen LogP contribution in [0.2, 0.25) is 0 Å². The molecule has 1 N–H and O–H groups in total. The highest BCUT2D eigenvalue weighted by atomic mass is 32.2. The summed E-state index contributed by atoms with van der Waals surface area (Å²) in [6.45, 7) is 2.69. The van der Waals surface area contributed by atoms with Crippen LogP contribution in [0.4, 0.5) is 15.8 Å². The van der Waals surface area contributed by atoms with Gasteiger partial charge in [0.15, 0.2) is 0 Å². The molecule has 1 heterocycles. The summed E-state index contributed by atoms with van der Waals surface area (Å²) in [6.07, 6.45) is 4.84. The average molecular weight is 448 g/mol. The van der Waals surface area contributed by atoms with Crippen LogP contribution in [0.25, 0.3) is 0 Å². The second-order valence-electron chi connectivity index (χ2n) is 7.84. The maximum atomic E-state index is 13.1. The van der Waals surface area contributed by atoms with Crippen molar-refractivity contribution in [3.63, 3.8) is 0 Å². The van der Waals surface area contributed by atoms with E-state index in [4.69, 9.17) is 0 Å². The van der Waals surface area contributed by atoms with Gasteiger partial charge in [-0.25, -0.2) is 12.8 Å². The highest BCUT2D eigenvalue weighted by molar-refractivity contribution is 7.92. The third-order valence-electron chi connectivity index (χ3n) is 5.41. The molecule has 0 radical (unpaired) electrons. The van der Waals surface area contributed by atoms with Gasteiger partial charge in [0.1, 0.15) is 5.82 Å². The Morgan fingerprint density at radius 3 is 2.61 bits per heavy atom. The zero-order chi connectivity index (χ0) is 22.3. The van der Waals surface area contributed by atoms with E-state index in [0.717, 1.165) is 38.6 Å². The highest BCUT2D eigenvalue weighted by Gasteiger charge is 2.18. The maximum absolute atomic E-state index is 13.1. The van der Waals surface area contributed by atoms with E-state index in [1.165, 1.54) is 39.8 Å². The second kappa shape index (κ2) is 10.6. The van der Waals surface area contributed by atoms with Crippen LogP contribution < -0.4 is 14.5 Å². The fraction of sp³-hybridized carbons (Fsp3) is 0.435. The summed E-state index contributed by atoms with van der Waals surface area (Å²) in [7, 11) is -3.51. The Labute approximate surface area is 184 Å². The minimum absolute atomic E-state index is 0.0911. The van der Waals surface area contributed by atoms with E-state index in [1.54, 1.807) is 0 Å². The minimum atomic E-state index is -3.51. The number of nitrogens with zero attached hydrogens (tertiary/aromatic N) is 2. The summed E-state index contributed by atoms with van der Waals surface area (Å²) in [5.74, 6) is -0.517. The van der Waals surface area contributed by atoms with Crippen molar-refractivity contribution in [2.75, 3.05) is 41.6 Å². The molecule has 0 fully saturated rings. The molecule has 0 bridgehead atoms. The number of amides is 1. The first-order valence-electron chi connectivity index (χ1n) is 10.7. The van der Waals surface area contributed by atoms with Gasteiger partial charge in [0.2, 0.25) is 15.9 Å². The van der Waals surface area contributed by atoms with Gasteiger partial charge in [0.05, 0.1) is 11.9 Å². The third kappa shape index (κ3) is 6.69. The fourth-order valence-corrected chi connectivity index (χ4v) is 4.87. The molecule has 8 heteroatoms. The minimum Gasteiger partial charge on any atom is -0.371 e. The van der Waals surface area contributed by atoms with Crippen LogP contribution in [-0.4, -0.2) is 46.8 Å². The number of benzene rings is 2. The second-order valence-corrected chi connectivity index (χ2v) is 9.74. The lowest BCUT2D eigenvalue weighted by molar-refractivity contribution is -0.121. The zero-order valence-electron chi connectivity index (χ0n) is 17.9. The van der Waals surface area contributed by atoms with Crippen LogP contribution in [0.5, 0.6) is 0 Å². The van der Waals surface area contributed by atoms with Crippen LogP contribution in [-0.2, 0) is 21.2 Å². The van der Waals surface area contributed by atoms with E-state index in [1.807, 2.05) is 0 Å². The Morgan fingerprint density at radius 2 is 1.87 bits per heavy atom. The standard InChI is InChI=1S/C23H30FN3O3S/c1-31(29,30)27(21-13-11-20(24)12-14-21)18-5-10-23(28)25-15-6-17-26-16-4-8-19-7-2-3-9-22(19)26/h2-3,7,9,11-14H,4-6,8,10,15-18H2,1H3,(H,25,28). The Kier molecular flexibility index (Phi) is 7.90. The molecule has 1 amide bonds. The molecule has 0 saturated heterocycles. The molecular formula is C23H30FN3O3S. The lowest BCUT2D eigenvalue weighted by atomic mass is 10.0. The number of fused-ring (bicyclic) bond motifs is 1. The van der Waals surface area contributed by atoms with Crippen molar-refractivity contribution >= 4 is 27.3 Å². The average Bonchev–Trinajstić information content (AvgIpc) is 2.74. The molecular weight excluding hydrogens is 417 g/mol. The summed E-state index contributed by atoms with van der Waals surface area (Å²) in [5, 5.41) is 2.92. The first-order valence-corrected chi connectivity index (χ1v) is 12.5. The molecule has 6 nitrogen and oxygen atoms in total. The molecule has 0 unspecified atom stereocenters. The van der Waals surface area contributed by atoms with Crippen LogP contribution in [0.15, 0.2) is 48.5 Å². The molecule has 0 atom stereocenters. The largest absolute Gasteiger partial charge is 0.371 e. The first-order chi connectivity index (χ1) is 14.8. The third-order valence-corrected chi connectivity index (χ3v) is 6.61. The van der Waals surface area contributed by atoms with E-state index < -0.39 is 15.8 Å².